The van der Waals surface area contributed by atoms with Gasteiger partial charge in [-0.3, -0.25) is 4.79 Å². The molecule has 104 valence electrons. The third-order valence-corrected chi connectivity index (χ3v) is 4.41. The molecule has 0 radical (unpaired) electrons. The van der Waals surface area contributed by atoms with E-state index in [1.807, 2.05) is 17.0 Å². The van der Waals surface area contributed by atoms with Crippen molar-refractivity contribution >= 4 is 18.3 Å². The minimum Gasteiger partial charge on any atom is -0.342 e. The fourth-order valence-corrected chi connectivity index (χ4v) is 3.09. The number of piperidine rings is 1. The van der Waals surface area contributed by atoms with Crippen LogP contribution in [0, 0.1) is 5.92 Å². The number of carbonyl (C=O) groups is 1. The molecule has 0 saturated carbocycles. The standard InChI is InChI=1S/C15H20N2O.ClH/c16-10-11-5-7-17(8-6-11)15(18)14-9-12-3-1-2-4-13(12)14;/h1-4,11,14H,5-10,16H2;1H. The van der Waals surface area contributed by atoms with Crippen molar-refractivity contribution in [1.82, 2.24) is 4.90 Å². The largest absolute Gasteiger partial charge is 0.342 e. The number of nitrogens with two attached hydrogens (primary N) is 1. The number of nitrogens with zero attached hydrogens (tertiary/aromatic N) is 1. The average molecular weight is 281 g/mol. The van der Waals surface area contributed by atoms with E-state index in [2.05, 4.69) is 12.1 Å². The summed E-state index contributed by atoms with van der Waals surface area (Å²) >= 11 is 0. The molecule has 1 heterocycles. The van der Waals surface area contributed by atoms with Crippen LogP contribution < -0.4 is 5.73 Å². The van der Waals surface area contributed by atoms with E-state index in [-0.39, 0.29) is 18.3 Å². The minimum atomic E-state index is 0. The van der Waals surface area contributed by atoms with Crippen LogP contribution in [0.25, 0.3) is 0 Å². The maximum Gasteiger partial charge on any atom is 0.230 e. The summed E-state index contributed by atoms with van der Waals surface area (Å²) in [5.41, 5.74) is 8.26. The first-order valence-corrected chi connectivity index (χ1v) is 6.86. The number of carbonyl (C=O) groups excluding carboxylic acids is 1. The number of amides is 1. The van der Waals surface area contributed by atoms with Crippen molar-refractivity contribution in [3.63, 3.8) is 0 Å². The van der Waals surface area contributed by atoms with Crippen molar-refractivity contribution in [2.24, 2.45) is 11.7 Å². The summed E-state index contributed by atoms with van der Waals surface area (Å²) in [5, 5.41) is 0. The Morgan fingerprint density at radius 1 is 1.26 bits per heavy atom. The number of likely N-dealkylation sites (tertiary alicyclic amines) is 1. The van der Waals surface area contributed by atoms with Gasteiger partial charge in [0.15, 0.2) is 0 Å². The van der Waals surface area contributed by atoms with Crippen LogP contribution in [0.5, 0.6) is 0 Å². The van der Waals surface area contributed by atoms with E-state index in [9.17, 15) is 4.79 Å². The summed E-state index contributed by atoms with van der Waals surface area (Å²) in [6.45, 7) is 2.53. The zero-order valence-electron chi connectivity index (χ0n) is 11.0. The molecule has 19 heavy (non-hydrogen) atoms. The highest BCUT2D eigenvalue weighted by Gasteiger charge is 2.35. The second kappa shape index (κ2) is 5.93. The summed E-state index contributed by atoms with van der Waals surface area (Å²) in [4.78, 5) is 14.5. The van der Waals surface area contributed by atoms with Crippen LogP contribution in [-0.2, 0) is 11.2 Å². The first-order chi connectivity index (χ1) is 8.79. The van der Waals surface area contributed by atoms with Crippen LogP contribution in [0.4, 0.5) is 0 Å². The number of hydrogen-bond acceptors (Lipinski definition) is 2. The Hall–Kier alpha value is -1.06. The summed E-state index contributed by atoms with van der Waals surface area (Å²) in [5.74, 6) is 1.06. The molecule has 1 fully saturated rings. The summed E-state index contributed by atoms with van der Waals surface area (Å²) in [7, 11) is 0. The van der Waals surface area contributed by atoms with Gasteiger partial charge in [-0.15, -0.1) is 12.4 Å². The van der Waals surface area contributed by atoms with Gasteiger partial charge in [-0.25, -0.2) is 0 Å². The fourth-order valence-electron chi connectivity index (χ4n) is 3.09. The Morgan fingerprint density at radius 3 is 2.58 bits per heavy atom. The van der Waals surface area contributed by atoms with Gasteiger partial charge < -0.3 is 10.6 Å². The number of fused-ring (bicyclic) bond motifs is 1. The Bertz CT molecular complexity index is 455. The van der Waals surface area contributed by atoms with Crippen LogP contribution in [0.1, 0.15) is 29.9 Å². The molecule has 0 bridgehead atoms. The van der Waals surface area contributed by atoms with Gasteiger partial charge in [-0.2, -0.15) is 0 Å². The highest BCUT2D eigenvalue weighted by atomic mass is 35.5. The number of rotatable bonds is 2. The fraction of sp³-hybridized carbons (Fsp3) is 0.533. The van der Waals surface area contributed by atoms with Crippen molar-refractivity contribution in [2.75, 3.05) is 19.6 Å². The van der Waals surface area contributed by atoms with E-state index in [0.717, 1.165) is 38.9 Å². The Balaban J connectivity index is 0.00000133. The molecule has 2 N–H and O–H groups in total. The zero-order valence-corrected chi connectivity index (χ0v) is 11.9. The van der Waals surface area contributed by atoms with Gasteiger partial charge in [0.25, 0.3) is 0 Å². The lowest BCUT2D eigenvalue weighted by Crippen LogP contribution is -2.44. The quantitative estimate of drug-likeness (QED) is 0.900. The lowest BCUT2D eigenvalue weighted by atomic mass is 9.76. The van der Waals surface area contributed by atoms with Crippen molar-refractivity contribution in [3.05, 3.63) is 35.4 Å². The molecule has 3 nitrogen and oxygen atoms in total. The molecule has 1 aromatic carbocycles. The Kier molecular flexibility index (Phi) is 4.48. The molecule has 0 spiro atoms. The second-order valence-electron chi connectivity index (χ2n) is 5.46. The monoisotopic (exact) mass is 280 g/mol. The van der Waals surface area contributed by atoms with E-state index >= 15 is 0 Å². The van der Waals surface area contributed by atoms with Crippen molar-refractivity contribution in [3.8, 4) is 0 Å². The predicted octanol–water partition coefficient (Wildman–Crippen LogP) is 1.95. The van der Waals surface area contributed by atoms with Gasteiger partial charge in [-0.05, 0) is 42.9 Å². The molecule has 1 atom stereocenters. The van der Waals surface area contributed by atoms with Gasteiger partial charge in [0.1, 0.15) is 0 Å². The smallest absolute Gasteiger partial charge is 0.230 e. The number of hydrogen-bond donors (Lipinski definition) is 1. The molecule has 0 aromatic heterocycles. The van der Waals surface area contributed by atoms with Gasteiger partial charge in [0.2, 0.25) is 5.91 Å². The van der Waals surface area contributed by atoms with E-state index in [1.54, 1.807) is 0 Å². The molecule has 1 saturated heterocycles. The number of benzene rings is 1. The molecular formula is C15H21ClN2O. The highest BCUT2D eigenvalue weighted by Crippen LogP contribution is 2.36. The Morgan fingerprint density at radius 2 is 1.95 bits per heavy atom. The zero-order chi connectivity index (χ0) is 12.5. The minimum absolute atomic E-state index is 0. The Labute approximate surface area is 120 Å². The third kappa shape index (κ3) is 2.63. The van der Waals surface area contributed by atoms with E-state index in [0.29, 0.717) is 11.8 Å². The van der Waals surface area contributed by atoms with Crippen molar-refractivity contribution in [1.29, 1.82) is 0 Å². The SMILES string of the molecule is Cl.NCC1CCN(C(=O)C2Cc3ccccc32)CC1. The maximum atomic E-state index is 12.4. The molecule has 1 unspecified atom stereocenters. The molecule has 1 aliphatic heterocycles. The highest BCUT2D eigenvalue weighted by molar-refractivity contribution is 5.87. The second-order valence-corrected chi connectivity index (χ2v) is 5.46. The molecule has 4 heteroatoms. The molecule has 2 aliphatic rings. The van der Waals surface area contributed by atoms with Crippen LogP contribution in [-0.4, -0.2) is 30.4 Å². The van der Waals surface area contributed by atoms with Crippen LogP contribution in [0.2, 0.25) is 0 Å². The lowest BCUT2D eigenvalue weighted by molar-refractivity contribution is -0.134. The molecule has 3 rings (SSSR count). The average Bonchev–Trinajstić information content (AvgIpc) is 2.40. The predicted molar refractivity (Wildman–Crippen MR) is 78.5 cm³/mol. The maximum absolute atomic E-state index is 12.4. The summed E-state index contributed by atoms with van der Waals surface area (Å²) < 4.78 is 0. The van der Waals surface area contributed by atoms with Crippen LogP contribution >= 0.6 is 12.4 Å². The first-order valence-electron chi connectivity index (χ1n) is 6.86. The molecule has 1 amide bonds. The van der Waals surface area contributed by atoms with Crippen molar-refractivity contribution < 1.29 is 4.79 Å². The third-order valence-electron chi connectivity index (χ3n) is 4.41. The van der Waals surface area contributed by atoms with Gasteiger partial charge in [0, 0.05) is 13.1 Å². The topological polar surface area (TPSA) is 46.3 Å². The van der Waals surface area contributed by atoms with Crippen LogP contribution in [0.3, 0.4) is 0 Å². The summed E-state index contributed by atoms with van der Waals surface area (Å²) in [6.07, 6.45) is 3.05. The first kappa shape index (κ1) is 14.4. The lowest BCUT2D eigenvalue weighted by Gasteiger charge is -2.37. The molecular weight excluding hydrogens is 260 g/mol. The summed E-state index contributed by atoms with van der Waals surface area (Å²) in [6, 6.07) is 8.29. The molecule has 1 aromatic rings. The van der Waals surface area contributed by atoms with E-state index in [1.165, 1.54) is 11.1 Å². The normalized spacial score (nSPS) is 22.2. The van der Waals surface area contributed by atoms with Crippen molar-refractivity contribution in [2.45, 2.75) is 25.2 Å². The number of halogens is 1. The van der Waals surface area contributed by atoms with Gasteiger partial charge >= 0.3 is 0 Å². The van der Waals surface area contributed by atoms with Gasteiger partial charge in [0.05, 0.1) is 5.92 Å². The molecule has 1 aliphatic carbocycles. The van der Waals surface area contributed by atoms with Crippen LogP contribution in [0.15, 0.2) is 24.3 Å². The van der Waals surface area contributed by atoms with E-state index in [4.69, 9.17) is 5.73 Å². The van der Waals surface area contributed by atoms with E-state index < -0.39 is 0 Å². The van der Waals surface area contributed by atoms with Gasteiger partial charge in [-0.1, -0.05) is 24.3 Å².